The van der Waals surface area contributed by atoms with Crippen molar-refractivity contribution in [2.45, 2.75) is 6.18 Å². The van der Waals surface area contributed by atoms with Crippen molar-refractivity contribution in [3.8, 4) is 5.75 Å². The maximum atomic E-state index is 12.7. The van der Waals surface area contributed by atoms with Gasteiger partial charge in [0.2, 0.25) is 15.9 Å². The first-order valence-electron chi connectivity index (χ1n) is 7.59. The van der Waals surface area contributed by atoms with Gasteiger partial charge in [-0.05, 0) is 48.5 Å². The van der Waals surface area contributed by atoms with Crippen molar-refractivity contribution in [2.24, 2.45) is 0 Å². The van der Waals surface area contributed by atoms with Gasteiger partial charge in [0.25, 0.3) is 0 Å². The van der Waals surface area contributed by atoms with Crippen molar-refractivity contribution in [3.63, 3.8) is 0 Å². The van der Waals surface area contributed by atoms with E-state index in [2.05, 4.69) is 5.32 Å². The molecule has 1 amide bonds. The smallest absolute Gasteiger partial charge is 0.416 e. The van der Waals surface area contributed by atoms with E-state index in [9.17, 15) is 26.4 Å². The molecular formula is C17H17F3N2O4S. The van der Waals surface area contributed by atoms with E-state index < -0.39 is 34.2 Å². The quantitative estimate of drug-likeness (QED) is 0.806. The minimum Gasteiger partial charge on any atom is -0.497 e. The number of halogens is 3. The van der Waals surface area contributed by atoms with E-state index in [1.807, 2.05) is 0 Å². The molecule has 0 saturated heterocycles. The molecule has 2 aromatic rings. The molecule has 2 rings (SSSR count). The van der Waals surface area contributed by atoms with Crippen LogP contribution in [0.25, 0.3) is 0 Å². The van der Waals surface area contributed by atoms with E-state index in [1.54, 1.807) is 24.3 Å². The number of sulfonamides is 1. The third-order valence-electron chi connectivity index (χ3n) is 3.54. The van der Waals surface area contributed by atoms with Crippen molar-refractivity contribution in [2.75, 3.05) is 29.5 Å². The fourth-order valence-corrected chi connectivity index (χ4v) is 3.08. The number of hydrogen-bond acceptors (Lipinski definition) is 4. The van der Waals surface area contributed by atoms with Gasteiger partial charge >= 0.3 is 6.18 Å². The lowest BCUT2D eigenvalue weighted by Crippen LogP contribution is -2.37. The highest BCUT2D eigenvalue weighted by atomic mass is 32.2. The Morgan fingerprint density at radius 1 is 1.07 bits per heavy atom. The Morgan fingerprint density at radius 3 is 2.07 bits per heavy atom. The molecule has 0 aromatic heterocycles. The highest BCUT2D eigenvalue weighted by Gasteiger charge is 2.30. The Bertz CT molecular complexity index is 895. The number of methoxy groups -OCH3 is 1. The van der Waals surface area contributed by atoms with E-state index in [0.29, 0.717) is 11.4 Å². The second-order valence-electron chi connectivity index (χ2n) is 5.59. The standard InChI is InChI=1S/C17H17F3N2O4S/c1-26-15-9-5-13(6-10-15)21-16(23)11-22(27(2,24)25)14-7-3-12(4-8-14)17(18,19)20/h3-10H,11H2,1-2H3,(H,21,23). The zero-order valence-corrected chi connectivity index (χ0v) is 15.3. The summed E-state index contributed by atoms with van der Waals surface area (Å²) in [6.45, 7) is -0.587. The van der Waals surface area contributed by atoms with Crippen LogP contribution in [0.5, 0.6) is 5.75 Å². The Labute approximate surface area is 154 Å². The highest BCUT2D eigenvalue weighted by Crippen LogP contribution is 2.31. The van der Waals surface area contributed by atoms with Crippen LogP contribution in [-0.4, -0.2) is 34.2 Å². The third-order valence-corrected chi connectivity index (χ3v) is 4.68. The van der Waals surface area contributed by atoms with Crippen LogP contribution < -0.4 is 14.4 Å². The van der Waals surface area contributed by atoms with Gasteiger partial charge in [0.1, 0.15) is 12.3 Å². The third kappa shape index (κ3) is 5.61. The Balaban J connectivity index is 2.18. The average Bonchev–Trinajstić information content (AvgIpc) is 2.59. The van der Waals surface area contributed by atoms with Crippen LogP contribution in [0.15, 0.2) is 48.5 Å². The molecule has 0 aliphatic carbocycles. The number of hydrogen-bond donors (Lipinski definition) is 1. The van der Waals surface area contributed by atoms with Gasteiger partial charge in [-0.15, -0.1) is 0 Å². The van der Waals surface area contributed by atoms with Gasteiger partial charge in [-0.2, -0.15) is 13.2 Å². The van der Waals surface area contributed by atoms with Gasteiger partial charge in [0.05, 0.1) is 24.6 Å². The molecule has 6 nitrogen and oxygen atoms in total. The summed E-state index contributed by atoms with van der Waals surface area (Å²) in [6, 6.07) is 9.89. The summed E-state index contributed by atoms with van der Waals surface area (Å²) in [5.41, 5.74) is -0.542. The number of anilines is 2. The summed E-state index contributed by atoms with van der Waals surface area (Å²) in [5, 5.41) is 2.52. The summed E-state index contributed by atoms with van der Waals surface area (Å²) in [6.07, 6.45) is -3.68. The number of rotatable bonds is 6. The van der Waals surface area contributed by atoms with Crippen LogP contribution in [0.1, 0.15) is 5.56 Å². The molecular weight excluding hydrogens is 385 g/mol. The zero-order valence-electron chi connectivity index (χ0n) is 14.4. The van der Waals surface area contributed by atoms with Gasteiger partial charge in [0, 0.05) is 5.69 Å². The largest absolute Gasteiger partial charge is 0.497 e. The van der Waals surface area contributed by atoms with Crippen LogP contribution in [0.4, 0.5) is 24.5 Å². The molecule has 0 bridgehead atoms. The molecule has 0 unspecified atom stereocenters. The molecule has 0 spiro atoms. The molecule has 10 heteroatoms. The number of nitrogens with one attached hydrogen (secondary N) is 1. The molecule has 146 valence electrons. The van der Waals surface area contributed by atoms with Crippen LogP contribution in [-0.2, 0) is 21.0 Å². The lowest BCUT2D eigenvalue weighted by Gasteiger charge is -2.22. The Morgan fingerprint density at radius 2 is 1.63 bits per heavy atom. The van der Waals surface area contributed by atoms with Gasteiger partial charge in [-0.3, -0.25) is 9.10 Å². The first kappa shape index (κ1) is 20.6. The summed E-state index contributed by atoms with van der Waals surface area (Å²) in [7, 11) is -2.41. The maximum absolute atomic E-state index is 12.7. The number of alkyl halides is 3. The predicted molar refractivity (Wildman–Crippen MR) is 95.3 cm³/mol. The fraction of sp³-hybridized carbons (Fsp3) is 0.235. The van der Waals surface area contributed by atoms with Crippen molar-refractivity contribution in [1.29, 1.82) is 0 Å². The summed E-state index contributed by atoms with van der Waals surface area (Å²) in [4.78, 5) is 12.2. The van der Waals surface area contributed by atoms with E-state index in [0.717, 1.165) is 34.8 Å². The first-order chi connectivity index (χ1) is 12.5. The molecule has 2 aromatic carbocycles. The topological polar surface area (TPSA) is 75.7 Å². The number of ether oxygens (including phenoxy) is 1. The van der Waals surface area contributed by atoms with Gasteiger partial charge in [-0.1, -0.05) is 0 Å². The van der Waals surface area contributed by atoms with E-state index in [-0.39, 0.29) is 5.69 Å². The highest BCUT2D eigenvalue weighted by molar-refractivity contribution is 7.92. The molecule has 0 radical (unpaired) electrons. The zero-order chi connectivity index (χ0) is 20.2. The fourth-order valence-electron chi connectivity index (χ4n) is 2.22. The molecule has 0 atom stereocenters. The molecule has 0 saturated carbocycles. The van der Waals surface area contributed by atoms with Crippen molar-refractivity contribution >= 4 is 27.3 Å². The minimum atomic E-state index is -4.54. The van der Waals surface area contributed by atoms with Crippen molar-refractivity contribution in [3.05, 3.63) is 54.1 Å². The van der Waals surface area contributed by atoms with Crippen molar-refractivity contribution < 1.29 is 31.1 Å². The second-order valence-corrected chi connectivity index (χ2v) is 7.50. The van der Waals surface area contributed by atoms with E-state index in [4.69, 9.17) is 4.74 Å². The maximum Gasteiger partial charge on any atom is 0.416 e. The number of amides is 1. The predicted octanol–water partition coefficient (Wildman–Crippen LogP) is 3.12. The van der Waals surface area contributed by atoms with Crippen molar-refractivity contribution in [1.82, 2.24) is 0 Å². The van der Waals surface area contributed by atoms with Crippen LogP contribution in [0.3, 0.4) is 0 Å². The SMILES string of the molecule is COc1ccc(NC(=O)CN(c2ccc(C(F)(F)F)cc2)S(C)(=O)=O)cc1. The monoisotopic (exact) mass is 402 g/mol. The lowest BCUT2D eigenvalue weighted by molar-refractivity contribution is -0.137. The number of nitrogens with zero attached hydrogens (tertiary/aromatic N) is 1. The molecule has 0 aliphatic rings. The van der Waals surface area contributed by atoms with E-state index >= 15 is 0 Å². The Kier molecular flexibility index (Phi) is 5.99. The molecule has 27 heavy (non-hydrogen) atoms. The van der Waals surface area contributed by atoms with Gasteiger partial charge in [0.15, 0.2) is 0 Å². The van der Waals surface area contributed by atoms with Crippen LogP contribution in [0.2, 0.25) is 0 Å². The van der Waals surface area contributed by atoms with E-state index in [1.165, 1.54) is 7.11 Å². The molecule has 0 heterocycles. The normalized spacial score (nSPS) is 11.7. The minimum absolute atomic E-state index is 0.0459. The van der Waals surface area contributed by atoms with Gasteiger partial charge in [-0.25, -0.2) is 8.42 Å². The number of benzene rings is 2. The summed E-state index contributed by atoms with van der Waals surface area (Å²) >= 11 is 0. The Hall–Kier alpha value is -2.75. The van der Waals surface area contributed by atoms with Crippen LogP contribution >= 0.6 is 0 Å². The average molecular weight is 402 g/mol. The molecule has 0 aliphatic heterocycles. The molecule has 0 fully saturated rings. The van der Waals surface area contributed by atoms with Gasteiger partial charge < -0.3 is 10.1 Å². The summed E-state index contributed by atoms with van der Waals surface area (Å²) in [5.74, 6) is -0.0685. The molecule has 1 N–H and O–H groups in total. The number of carbonyl (C=O) groups excluding carboxylic acids is 1. The van der Waals surface area contributed by atoms with Crippen LogP contribution in [0, 0.1) is 0 Å². The first-order valence-corrected chi connectivity index (χ1v) is 9.44. The summed E-state index contributed by atoms with van der Waals surface area (Å²) < 4.78 is 67.7. The lowest BCUT2D eigenvalue weighted by atomic mass is 10.2. The number of carbonyl (C=O) groups is 1. The second kappa shape index (κ2) is 7.87.